The number of halogens is 1. The molecule has 5 heteroatoms. The van der Waals surface area contributed by atoms with Crippen molar-refractivity contribution in [2.24, 2.45) is 0 Å². The van der Waals surface area contributed by atoms with E-state index in [0.29, 0.717) is 27.6 Å². The molecule has 0 atom stereocenters. The molecule has 0 saturated heterocycles. The largest absolute Gasteiger partial charge is 0.493 e. The summed E-state index contributed by atoms with van der Waals surface area (Å²) in [5.74, 6) is 0.0872. The molecule has 0 N–H and O–H groups in total. The molecule has 0 aliphatic carbocycles. The molecule has 0 heterocycles. The Morgan fingerprint density at radius 3 is 2.06 bits per heavy atom. The zero-order valence-corrected chi connectivity index (χ0v) is 19.3. The van der Waals surface area contributed by atoms with E-state index in [2.05, 4.69) is 20.8 Å². The summed E-state index contributed by atoms with van der Waals surface area (Å²) < 4.78 is 10.9. The van der Waals surface area contributed by atoms with Crippen molar-refractivity contribution in [3.63, 3.8) is 0 Å². The van der Waals surface area contributed by atoms with Crippen LogP contribution in [0.5, 0.6) is 11.5 Å². The minimum absolute atomic E-state index is 0.00391. The molecule has 0 saturated carbocycles. The topological polar surface area (TPSA) is 52.6 Å². The lowest BCUT2D eigenvalue weighted by molar-refractivity contribution is 0.0729. The third-order valence-corrected chi connectivity index (χ3v) is 5.18. The Balaban J connectivity index is 1.73. The third kappa shape index (κ3) is 5.86. The van der Waals surface area contributed by atoms with Crippen LogP contribution in [-0.2, 0) is 5.41 Å². The molecule has 0 amide bonds. The maximum atomic E-state index is 12.6. The van der Waals surface area contributed by atoms with E-state index >= 15 is 0 Å². The van der Waals surface area contributed by atoms with Gasteiger partial charge in [-0.25, -0.2) is 4.79 Å². The predicted molar refractivity (Wildman–Crippen MR) is 128 cm³/mol. The minimum Gasteiger partial charge on any atom is -0.493 e. The SMILES string of the molecule is COc1cc(/C=C/C(=O)c2ccc(Cl)cc2)ccc1OC(=O)c1ccc(C(C)(C)C)cc1. The summed E-state index contributed by atoms with van der Waals surface area (Å²) in [6.07, 6.45) is 3.15. The molecule has 164 valence electrons. The number of allylic oxidation sites excluding steroid dienone is 1. The molecule has 0 fully saturated rings. The van der Waals surface area contributed by atoms with Gasteiger partial charge in [0.2, 0.25) is 0 Å². The third-order valence-electron chi connectivity index (χ3n) is 4.93. The van der Waals surface area contributed by atoms with Gasteiger partial charge in [0.05, 0.1) is 12.7 Å². The van der Waals surface area contributed by atoms with Gasteiger partial charge in [0.25, 0.3) is 0 Å². The van der Waals surface area contributed by atoms with Gasteiger partial charge in [-0.1, -0.05) is 56.6 Å². The monoisotopic (exact) mass is 448 g/mol. The Kier molecular flexibility index (Phi) is 7.16. The van der Waals surface area contributed by atoms with E-state index in [1.54, 1.807) is 60.7 Å². The standard InChI is InChI=1S/C27H25ClO4/c1-27(2,3)21-11-7-20(8-12-21)26(30)32-24-16-6-18(17-25(24)31-4)5-15-23(29)19-9-13-22(28)14-10-19/h5-17H,1-4H3/b15-5+. The second kappa shape index (κ2) is 9.84. The van der Waals surface area contributed by atoms with Gasteiger partial charge < -0.3 is 9.47 Å². The molecule has 0 aliphatic rings. The first-order chi connectivity index (χ1) is 15.2. The quantitative estimate of drug-likeness (QED) is 0.181. The molecule has 0 unspecified atom stereocenters. The van der Waals surface area contributed by atoms with Gasteiger partial charge in [-0.15, -0.1) is 0 Å². The fraction of sp³-hybridized carbons (Fsp3) is 0.185. The molecule has 3 rings (SSSR count). The van der Waals surface area contributed by atoms with Gasteiger partial charge in [-0.05, 0) is 71.1 Å². The number of benzene rings is 3. The van der Waals surface area contributed by atoms with E-state index in [0.717, 1.165) is 11.1 Å². The molecule has 4 nitrogen and oxygen atoms in total. The van der Waals surface area contributed by atoms with Crippen LogP contribution in [-0.4, -0.2) is 18.9 Å². The van der Waals surface area contributed by atoms with Gasteiger partial charge in [0, 0.05) is 10.6 Å². The zero-order chi connectivity index (χ0) is 23.3. The number of ketones is 1. The van der Waals surface area contributed by atoms with Gasteiger partial charge in [-0.2, -0.15) is 0 Å². The van der Waals surface area contributed by atoms with E-state index in [-0.39, 0.29) is 11.2 Å². The van der Waals surface area contributed by atoms with Crippen molar-refractivity contribution >= 4 is 29.4 Å². The van der Waals surface area contributed by atoms with Crippen LogP contribution in [0, 0.1) is 0 Å². The Hall–Kier alpha value is -3.37. The maximum Gasteiger partial charge on any atom is 0.343 e. The van der Waals surface area contributed by atoms with E-state index < -0.39 is 5.97 Å². The summed E-state index contributed by atoms with van der Waals surface area (Å²) in [4.78, 5) is 24.9. The number of carbonyl (C=O) groups is 2. The number of hydrogen-bond acceptors (Lipinski definition) is 4. The van der Waals surface area contributed by atoms with Crippen molar-refractivity contribution in [2.75, 3.05) is 7.11 Å². The van der Waals surface area contributed by atoms with Crippen molar-refractivity contribution in [3.8, 4) is 11.5 Å². The molecular weight excluding hydrogens is 424 g/mol. The molecule has 0 bridgehead atoms. The average molecular weight is 449 g/mol. The van der Waals surface area contributed by atoms with Crippen LogP contribution in [0.2, 0.25) is 5.02 Å². The summed E-state index contributed by atoms with van der Waals surface area (Å²) in [6, 6.07) is 19.2. The van der Waals surface area contributed by atoms with Crippen LogP contribution in [0.3, 0.4) is 0 Å². The summed E-state index contributed by atoms with van der Waals surface area (Å²) in [5, 5.41) is 0.575. The average Bonchev–Trinajstić information content (AvgIpc) is 2.78. The number of carbonyl (C=O) groups excluding carboxylic acids is 2. The number of ether oxygens (including phenoxy) is 2. The van der Waals surface area contributed by atoms with Crippen LogP contribution in [0.15, 0.2) is 72.8 Å². The molecule has 3 aromatic carbocycles. The molecule has 0 aromatic heterocycles. The van der Waals surface area contributed by atoms with E-state index in [4.69, 9.17) is 21.1 Å². The highest BCUT2D eigenvalue weighted by molar-refractivity contribution is 6.30. The van der Waals surface area contributed by atoms with Crippen LogP contribution < -0.4 is 9.47 Å². The first-order valence-corrected chi connectivity index (χ1v) is 10.5. The van der Waals surface area contributed by atoms with Gasteiger partial charge in [0.15, 0.2) is 17.3 Å². The number of rotatable bonds is 6. The first-order valence-electron chi connectivity index (χ1n) is 10.2. The van der Waals surface area contributed by atoms with Crippen molar-refractivity contribution in [2.45, 2.75) is 26.2 Å². The Morgan fingerprint density at radius 1 is 0.844 bits per heavy atom. The van der Waals surface area contributed by atoms with Crippen LogP contribution in [0.25, 0.3) is 6.08 Å². The van der Waals surface area contributed by atoms with E-state index in [1.165, 1.54) is 13.2 Å². The molecule has 0 aliphatic heterocycles. The highest BCUT2D eigenvalue weighted by Gasteiger charge is 2.16. The predicted octanol–water partition coefficient (Wildman–Crippen LogP) is 6.76. The van der Waals surface area contributed by atoms with Crippen LogP contribution in [0.4, 0.5) is 0 Å². The smallest absolute Gasteiger partial charge is 0.343 e. The van der Waals surface area contributed by atoms with Gasteiger partial charge >= 0.3 is 5.97 Å². The van der Waals surface area contributed by atoms with Crippen LogP contribution in [0.1, 0.15) is 52.6 Å². The van der Waals surface area contributed by atoms with Crippen LogP contribution >= 0.6 is 11.6 Å². The molecule has 0 radical (unpaired) electrons. The summed E-state index contributed by atoms with van der Waals surface area (Å²) >= 11 is 5.86. The van der Waals surface area contributed by atoms with E-state index in [1.807, 2.05) is 12.1 Å². The normalized spacial score (nSPS) is 11.4. The number of methoxy groups -OCH3 is 1. The Labute approximate surface area is 193 Å². The number of hydrogen-bond donors (Lipinski definition) is 0. The molecular formula is C27H25ClO4. The van der Waals surface area contributed by atoms with Crippen molar-refractivity contribution in [1.82, 2.24) is 0 Å². The number of esters is 1. The summed E-state index contributed by atoms with van der Waals surface area (Å²) in [6.45, 7) is 6.35. The highest BCUT2D eigenvalue weighted by atomic mass is 35.5. The molecule has 3 aromatic rings. The molecule has 32 heavy (non-hydrogen) atoms. The minimum atomic E-state index is -0.468. The second-order valence-corrected chi connectivity index (χ2v) is 8.77. The maximum absolute atomic E-state index is 12.6. The van der Waals surface area contributed by atoms with Crippen molar-refractivity contribution in [1.29, 1.82) is 0 Å². The fourth-order valence-electron chi connectivity index (χ4n) is 3.02. The van der Waals surface area contributed by atoms with Crippen molar-refractivity contribution in [3.05, 3.63) is 100 Å². The molecule has 0 spiro atoms. The lowest BCUT2D eigenvalue weighted by atomic mass is 9.87. The van der Waals surface area contributed by atoms with Gasteiger partial charge in [-0.3, -0.25) is 4.79 Å². The van der Waals surface area contributed by atoms with Crippen molar-refractivity contribution < 1.29 is 19.1 Å². The Morgan fingerprint density at radius 2 is 1.47 bits per heavy atom. The first kappa shape index (κ1) is 23.3. The summed E-state index contributed by atoms with van der Waals surface area (Å²) in [5.41, 5.74) is 2.87. The summed E-state index contributed by atoms with van der Waals surface area (Å²) in [7, 11) is 1.50. The second-order valence-electron chi connectivity index (χ2n) is 8.33. The lowest BCUT2D eigenvalue weighted by Gasteiger charge is -2.19. The Bertz CT molecular complexity index is 1140. The zero-order valence-electron chi connectivity index (χ0n) is 18.5. The highest BCUT2D eigenvalue weighted by Crippen LogP contribution is 2.30. The fourth-order valence-corrected chi connectivity index (χ4v) is 3.15. The lowest BCUT2D eigenvalue weighted by Crippen LogP contribution is -2.13. The van der Waals surface area contributed by atoms with Gasteiger partial charge in [0.1, 0.15) is 0 Å². The van der Waals surface area contributed by atoms with E-state index in [9.17, 15) is 9.59 Å².